The maximum absolute atomic E-state index is 10.6. The van der Waals surface area contributed by atoms with Crippen LogP contribution in [-0.4, -0.2) is 9.91 Å². The molecule has 1 aromatic heterocycles. The molecule has 6 heteroatoms. The minimum atomic E-state index is -0.520. The van der Waals surface area contributed by atoms with Crippen molar-refractivity contribution < 1.29 is 4.92 Å². The van der Waals surface area contributed by atoms with E-state index in [1.165, 1.54) is 12.3 Å². The summed E-state index contributed by atoms with van der Waals surface area (Å²) in [6, 6.07) is 11.1. The first kappa shape index (κ1) is 12.8. The van der Waals surface area contributed by atoms with Crippen molar-refractivity contribution in [1.29, 1.82) is 0 Å². The van der Waals surface area contributed by atoms with Crippen LogP contribution in [0.25, 0.3) is 0 Å². The predicted molar refractivity (Wildman–Crippen MR) is 73.8 cm³/mol. The number of pyridine rings is 1. The minimum Gasteiger partial charge on any atom is -0.396 e. The lowest BCUT2D eigenvalue weighted by Crippen LogP contribution is -2.10. The summed E-state index contributed by atoms with van der Waals surface area (Å²) < 4.78 is 0. The zero-order chi connectivity index (χ0) is 13.8. The summed E-state index contributed by atoms with van der Waals surface area (Å²) in [7, 11) is 0. The van der Waals surface area contributed by atoms with Crippen LogP contribution in [0.15, 0.2) is 42.6 Å². The van der Waals surface area contributed by atoms with Gasteiger partial charge in [-0.15, -0.1) is 0 Å². The average Bonchev–Trinajstić information content (AvgIpc) is 2.41. The summed E-state index contributed by atoms with van der Waals surface area (Å²) in [5.41, 5.74) is 6.99. The van der Waals surface area contributed by atoms with Gasteiger partial charge in [0.15, 0.2) is 0 Å². The van der Waals surface area contributed by atoms with Crippen molar-refractivity contribution >= 4 is 17.2 Å². The fraction of sp³-hybridized carbons (Fsp3) is 0.154. The highest BCUT2D eigenvalue weighted by molar-refractivity contribution is 5.64. The van der Waals surface area contributed by atoms with Crippen LogP contribution in [0.4, 0.5) is 17.2 Å². The first-order valence-corrected chi connectivity index (χ1v) is 5.79. The normalized spacial score (nSPS) is 11.8. The van der Waals surface area contributed by atoms with Crippen molar-refractivity contribution in [2.45, 2.75) is 13.0 Å². The zero-order valence-corrected chi connectivity index (χ0v) is 10.4. The van der Waals surface area contributed by atoms with E-state index >= 15 is 0 Å². The Labute approximate surface area is 110 Å². The molecular formula is C13H14N4O2. The fourth-order valence-corrected chi connectivity index (χ4v) is 1.72. The Hall–Kier alpha value is -2.63. The molecule has 0 fully saturated rings. The van der Waals surface area contributed by atoms with E-state index in [2.05, 4.69) is 10.3 Å². The van der Waals surface area contributed by atoms with Gasteiger partial charge in [-0.3, -0.25) is 10.1 Å². The molecule has 2 rings (SSSR count). The Morgan fingerprint density at radius 1 is 1.37 bits per heavy atom. The van der Waals surface area contributed by atoms with Gasteiger partial charge in [0.2, 0.25) is 0 Å². The SMILES string of the molecule is CC(Nc1ncc([N+](=O)[O-])cc1N)c1ccccc1. The lowest BCUT2D eigenvalue weighted by Gasteiger charge is -2.15. The number of rotatable bonds is 4. The molecule has 1 atom stereocenters. The molecule has 3 N–H and O–H groups in total. The van der Waals surface area contributed by atoms with Crippen LogP contribution in [0.5, 0.6) is 0 Å². The molecule has 0 amide bonds. The third kappa shape index (κ3) is 2.98. The van der Waals surface area contributed by atoms with E-state index in [1.807, 2.05) is 37.3 Å². The molecular weight excluding hydrogens is 244 g/mol. The summed E-state index contributed by atoms with van der Waals surface area (Å²) in [5.74, 6) is 0.446. The minimum absolute atomic E-state index is 0.0115. The van der Waals surface area contributed by atoms with Crippen molar-refractivity contribution in [2.24, 2.45) is 0 Å². The van der Waals surface area contributed by atoms with Crippen LogP contribution in [-0.2, 0) is 0 Å². The number of anilines is 2. The van der Waals surface area contributed by atoms with E-state index < -0.39 is 4.92 Å². The maximum Gasteiger partial charge on any atom is 0.289 e. The van der Waals surface area contributed by atoms with Gasteiger partial charge in [0.25, 0.3) is 5.69 Å². The highest BCUT2D eigenvalue weighted by Gasteiger charge is 2.12. The van der Waals surface area contributed by atoms with Crippen molar-refractivity contribution in [3.05, 3.63) is 58.3 Å². The number of nitro groups is 1. The van der Waals surface area contributed by atoms with E-state index in [9.17, 15) is 10.1 Å². The molecule has 0 saturated carbocycles. The van der Waals surface area contributed by atoms with Gasteiger partial charge in [0.1, 0.15) is 12.0 Å². The number of hydrogen-bond acceptors (Lipinski definition) is 5. The maximum atomic E-state index is 10.6. The molecule has 2 aromatic rings. The molecule has 6 nitrogen and oxygen atoms in total. The Bertz CT molecular complexity index is 586. The second-order valence-electron chi connectivity index (χ2n) is 4.17. The number of nitrogens with two attached hydrogens (primary N) is 1. The predicted octanol–water partition coefficient (Wildman–Crippen LogP) is 2.75. The molecule has 0 aliphatic rings. The fourth-order valence-electron chi connectivity index (χ4n) is 1.72. The molecule has 98 valence electrons. The summed E-state index contributed by atoms with van der Waals surface area (Å²) >= 11 is 0. The van der Waals surface area contributed by atoms with E-state index in [1.54, 1.807) is 0 Å². The van der Waals surface area contributed by atoms with Gasteiger partial charge >= 0.3 is 0 Å². The van der Waals surface area contributed by atoms with Crippen LogP contribution in [0.3, 0.4) is 0 Å². The van der Waals surface area contributed by atoms with E-state index in [0.717, 1.165) is 5.56 Å². The van der Waals surface area contributed by atoms with Crippen molar-refractivity contribution in [3.63, 3.8) is 0 Å². The van der Waals surface area contributed by atoms with E-state index in [-0.39, 0.29) is 17.4 Å². The van der Waals surface area contributed by atoms with Gasteiger partial charge < -0.3 is 11.1 Å². The third-order valence-corrected chi connectivity index (χ3v) is 2.77. The number of nitrogen functional groups attached to an aromatic ring is 1. The standard InChI is InChI=1S/C13H14N4O2/c1-9(10-5-3-2-4-6-10)16-13-12(14)7-11(8-15-13)17(18)19/h2-9H,14H2,1H3,(H,15,16). The van der Waals surface area contributed by atoms with Gasteiger partial charge in [-0.05, 0) is 12.5 Å². The molecule has 0 radical (unpaired) electrons. The Morgan fingerprint density at radius 3 is 2.63 bits per heavy atom. The molecule has 1 unspecified atom stereocenters. The van der Waals surface area contributed by atoms with Crippen molar-refractivity contribution in [1.82, 2.24) is 4.98 Å². The average molecular weight is 258 g/mol. The number of hydrogen-bond donors (Lipinski definition) is 2. The monoisotopic (exact) mass is 258 g/mol. The molecule has 1 aromatic carbocycles. The summed E-state index contributed by atoms with van der Waals surface area (Å²) in [4.78, 5) is 14.1. The largest absolute Gasteiger partial charge is 0.396 e. The lowest BCUT2D eigenvalue weighted by molar-refractivity contribution is -0.385. The summed E-state index contributed by atoms with van der Waals surface area (Å²) in [6.07, 6.45) is 1.19. The lowest BCUT2D eigenvalue weighted by atomic mass is 10.1. The molecule has 0 spiro atoms. The topological polar surface area (TPSA) is 94.1 Å². The number of nitrogens with zero attached hydrogens (tertiary/aromatic N) is 2. The second-order valence-corrected chi connectivity index (χ2v) is 4.17. The highest BCUT2D eigenvalue weighted by Crippen LogP contribution is 2.25. The van der Waals surface area contributed by atoms with E-state index in [4.69, 9.17) is 5.73 Å². The molecule has 19 heavy (non-hydrogen) atoms. The molecule has 1 heterocycles. The van der Waals surface area contributed by atoms with Gasteiger partial charge in [0.05, 0.1) is 16.7 Å². The smallest absolute Gasteiger partial charge is 0.289 e. The van der Waals surface area contributed by atoms with Crippen LogP contribution in [0.2, 0.25) is 0 Å². The molecule has 0 bridgehead atoms. The Balaban J connectivity index is 2.18. The van der Waals surface area contributed by atoms with Crippen LogP contribution in [0, 0.1) is 10.1 Å². The van der Waals surface area contributed by atoms with Gasteiger partial charge in [-0.1, -0.05) is 30.3 Å². The quantitative estimate of drug-likeness (QED) is 0.649. The van der Waals surface area contributed by atoms with Crippen LogP contribution in [0.1, 0.15) is 18.5 Å². The molecule has 0 saturated heterocycles. The van der Waals surface area contributed by atoms with Gasteiger partial charge in [-0.2, -0.15) is 0 Å². The number of aromatic nitrogens is 1. The van der Waals surface area contributed by atoms with E-state index in [0.29, 0.717) is 5.82 Å². The third-order valence-electron chi connectivity index (χ3n) is 2.77. The zero-order valence-electron chi connectivity index (χ0n) is 10.4. The van der Waals surface area contributed by atoms with Gasteiger partial charge in [0, 0.05) is 6.07 Å². The second kappa shape index (κ2) is 5.34. The van der Waals surface area contributed by atoms with Crippen LogP contribution < -0.4 is 11.1 Å². The van der Waals surface area contributed by atoms with Crippen LogP contribution >= 0.6 is 0 Å². The highest BCUT2D eigenvalue weighted by atomic mass is 16.6. The summed E-state index contributed by atoms with van der Waals surface area (Å²) in [5, 5.41) is 13.7. The number of nitrogens with one attached hydrogen (secondary N) is 1. The molecule has 0 aliphatic carbocycles. The summed E-state index contributed by atoms with van der Waals surface area (Å²) in [6.45, 7) is 1.97. The Kier molecular flexibility index (Phi) is 3.61. The first-order chi connectivity index (χ1) is 9.08. The Morgan fingerprint density at radius 2 is 2.05 bits per heavy atom. The first-order valence-electron chi connectivity index (χ1n) is 5.79. The van der Waals surface area contributed by atoms with Crippen molar-refractivity contribution in [3.8, 4) is 0 Å². The number of benzene rings is 1. The molecule has 0 aliphatic heterocycles. The van der Waals surface area contributed by atoms with Gasteiger partial charge in [-0.25, -0.2) is 4.98 Å². The van der Waals surface area contributed by atoms with Crippen molar-refractivity contribution in [2.75, 3.05) is 11.1 Å².